The number of hydrogen-bond acceptors (Lipinski definition) is 4. The number of alkyl halides is 3. The first-order valence-electron chi connectivity index (χ1n) is 3.10. The fraction of sp³-hybridized carbons (Fsp3) is 0.667. The van der Waals surface area contributed by atoms with Gasteiger partial charge in [-0.3, -0.25) is 4.79 Å². The predicted octanol–water partition coefficient (Wildman–Crippen LogP) is 2.44. The summed E-state index contributed by atoms with van der Waals surface area (Å²) >= 11 is 16.4. The van der Waals surface area contributed by atoms with Crippen LogP contribution in [0.15, 0.2) is 0 Å². The molecule has 0 aliphatic heterocycles. The van der Waals surface area contributed by atoms with E-state index in [1.54, 1.807) is 0 Å². The van der Waals surface area contributed by atoms with Crippen LogP contribution in [-0.2, 0) is 14.3 Å². The first-order valence-corrected chi connectivity index (χ1v) is 4.24. The van der Waals surface area contributed by atoms with E-state index in [2.05, 4.69) is 9.47 Å². The summed E-state index contributed by atoms with van der Waals surface area (Å²) in [6.07, 6.45) is -1.22. The number of carbonyl (C=O) groups is 2. The largest absolute Gasteiger partial charge is 0.516 e. The third-order valence-corrected chi connectivity index (χ3v) is 2.53. The van der Waals surface area contributed by atoms with Crippen LogP contribution in [0.5, 0.6) is 0 Å². The van der Waals surface area contributed by atoms with Gasteiger partial charge in [0, 0.05) is 0 Å². The average molecular weight is 249 g/mol. The van der Waals surface area contributed by atoms with Gasteiger partial charge in [0.1, 0.15) is 0 Å². The third-order valence-electron chi connectivity index (χ3n) is 1.17. The summed E-state index contributed by atoms with van der Waals surface area (Å²) < 4.78 is 6.61. The molecule has 0 amide bonds. The molecule has 0 rings (SSSR count). The maximum Gasteiger partial charge on any atom is 0.516 e. The van der Waals surface area contributed by atoms with E-state index in [1.165, 1.54) is 13.8 Å². The van der Waals surface area contributed by atoms with Gasteiger partial charge in [0.15, 0.2) is 5.60 Å². The molecule has 0 aromatic rings. The summed E-state index contributed by atoms with van der Waals surface area (Å²) in [5.41, 5.74) is -1.38. The molecule has 0 aliphatic carbocycles. The maximum absolute atomic E-state index is 10.7. The normalized spacial score (nSPS) is 12.1. The van der Waals surface area contributed by atoms with Crippen LogP contribution >= 0.6 is 34.8 Å². The first-order chi connectivity index (χ1) is 5.70. The standard InChI is InChI=1S/C6H7Cl3O4/c1-5(2,6(7,8)9)13-4(11)12-3-10/h3H,1-2H3. The zero-order valence-corrected chi connectivity index (χ0v) is 9.11. The zero-order valence-electron chi connectivity index (χ0n) is 6.84. The zero-order chi connectivity index (χ0) is 10.7. The SMILES string of the molecule is CC(C)(OC(=O)OC=O)C(Cl)(Cl)Cl. The Labute approximate surface area is 90.0 Å². The molecule has 7 heteroatoms. The second-order valence-electron chi connectivity index (χ2n) is 2.57. The number of hydrogen-bond donors (Lipinski definition) is 0. The van der Waals surface area contributed by atoms with E-state index in [1.807, 2.05) is 0 Å². The Hall–Kier alpha value is -0.190. The van der Waals surface area contributed by atoms with Crippen LogP contribution in [-0.4, -0.2) is 22.0 Å². The molecule has 13 heavy (non-hydrogen) atoms. The number of halogens is 3. The molecule has 0 aromatic heterocycles. The van der Waals surface area contributed by atoms with Crippen molar-refractivity contribution in [1.82, 2.24) is 0 Å². The molecule has 0 saturated heterocycles. The van der Waals surface area contributed by atoms with Crippen molar-refractivity contribution in [3.8, 4) is 0 Å². The van der Waals surface area contributed by atoms with Gasteiger partial charge in [-0.25, -0.2) is 4.79 Å². The molecule has 0 N–H and O–H groups in total. The number of ether oxygens (including phenoxy) is 2. The Kier molecular flexibility index (Phi) is 4.29. The minimum atomic E-state index is -1.80. The smallest absolute Gasteiger partial charge is 0.423 e. The molecule has 0 heterocycles. The molecule has 0 aliphatic rings. The van der Waals surface area contributed by atoms with Gasteiger partial charge < -0.3 is 9.47 Å². The van der Waals surface area contributed by atoms with E-state index in [9.17, 15) is 9.59 Å². The van der Waals surface area contributed by atoms with Gasteiger partial charge in [0.2, 0.25) is 3.79 Å². The van der Waals surface area contributed by atoms with E-state index >= 15 is 0 Å². The topological polar surface area (TPSA) is 52.6 Å². The van der Waals surface area contributed by atoms with E-state index in [0.717, 1.165) is 0 Å². The van der Waals surface area contributed by atoms with Gasteiger partial charge in [-0.2, -0.15) is 0 Å². The second-order valence-corrected chi connectivity index (χ2v) is 4.86. The van der Waals surface area contributed by atoms with Crippen molar-refractivity contribution in [1.29, 1.82) is 0 Å². The van der Waals surface area contributed by atoms with Crippen LogP contribution in [0.1, 0.15) is 13.8 Å². The molecule has 0 radical (unpaired) electrons. The van der Waals surface area contributed by atoms with Crippen LogP contribution in [0.25, 0.3) is 0 Å². The predicted molar refractivity (Wildman–Crippen MR) is 48.0 cm³/mol. The lowest BCUT2D eigenvalue weighted by molar-refractivity contribution is -0.127. The van der Waals surface area contributed by atoms with Gasteiger partial charge in [-0.15, -0.1) is 0 Å². The van der Waals surface area contributed by atoms with Crippen LogP contribution < -0.4 is 0 Å². The second kappa shape index (κ2) is 4.35. The fourth-order valence-corrected chi connectivity index (χ4v) is 0.445. The Bertz CT molecular complexity index is 208. The van der Waals surface area contributed by atoms with Crippen molar-refractivity contribution in [3.63, 3.8) is 0 Å². The molecule has 0 bridgehead atoms. The molecule has 0 saturated carbocycles. The molecular weight excluding hydrogens is 242 g/mol. The summed E-state index contributed by atoms with van der Waals surface area (Å²) in [5.74, 6) is 0. The highest BCUT2D eigenvalue weighted by Crippen LogP contribution is 2.40. The minimum absolute atomic E-state index is 0.0726. The Morgan fingerprint density at radius 3 is 2.08 bits per heavy atom. The minimum Gasteiger partial charge on any atom is -0.423 e. The molecule has 0 atom stereocenters. The first kappa shape index (κ1) is 12.8. The highest BCUT2D eigenvalue weighted by Gasteiger charge is 2.44. The maximum atomic E-state index is 10.7. The lowest BCUT2D eigenvalue weighted by Crippen LogP contribution is -2.41. The van der Waals surface area contributed by atoms with Crippen molar-refractivity contribution in [3.05, 3.63) is 0 Å². The van der Waals surface area contributed by atoms with Crippen molar-refractivity contribution in [2.45, 2.75) is 23.2 Å². The van der Waals surface area contributed by atoms with Crippen molar-refractivity contribution in [2.75, 3.05) is 0 Å². The molecule has 76 valence electrons. The molecule has 0 unspecified atom stereocenters. The molecule has 0 aromatic carbocycles. The lowest BCUT2D eigenvalue weighted by Gasteiger charge is -2.30. The summed E-state index contributed by atoms with van der Waals surface area (Å²) in [7, 11) is 0. The van der Waals surface area contributed by atoms with E-state index in [-0.39, 0.29) is 6.47 Å². The van der Waals surface area contributed by atoms with Crippen LogP contribution in [0, 0.1) is 0 Å². The third kappa shape index (κ3) is 4.02. The highest BCUT2D eigenvalue weighted by molar-refractivity contribution is 6.68. The van der Waals surface area contributed by atoms with Crippen LogP contribution in [0.2, 0.25) is 0 Å². The number of carbonyl (C=O) groups excluding carboxylic acids is 2. The quantitative estimate of drug-likeness (QED) is 0.326. The highest BCUT2D eigenvalue weighted by atomic mass is 35.6. The van der Waals surface area contributed by atoms with E-state index < -0.39 is 15.5 Å². The summed E-state index contributed by atoms with van der Waals surface area (Å²) in [6, 6.07) is 0. The Balaban J connectivity index is 4.33. The van der Waals surface area contributed by atoms with Gasteiger partial charge in [0.25, 0.3) is 0 Å². The molecular formula is C6H7Cl3O4. The van der Waals surface area contributed by atoms with Gasteiger partial charge in [-0.1, -0.05) is 34.8 Å². The summed E-state index contributed by atoms with van der Waals surface area (Å²) in [4.78, 5) is 20.4. The average Bonchev–Trinajstić information content (AvgIpc) is 1.83. The molecule has 0 spiro atoms. The molecule has 0 fully saturated rings. The summed E-state index contributed by atoms with van der Waals surface area (Å²) in [5, 5.41) is 0. The van der Waals surface area contributed by atoms with Crippen molar-refractivity contribution < 1.29 is 19.1 Å². The van der Waals surface area contributed by atoms with Gasteiger partial charge in [0.05, 0.1) is 0 Å². The van der Waals surface area contributed by atoms with Gasteiger partial charge >= 0.3 is 12.6 Å². The van der Waals surface area contributed by atoms with Crippen LogP contribution in [0.3, 0.4) is 0 Å². The molecule has 4 nitrogen and oxygen atoms in total. The van der Waals surface area contributed by atoms with Crippen molar-refractivity contribution in [2.24, 2.45) is 0 Å². The van der Waals surface area contributed by atoms with Crippen molar-refractivity contribution >= 4 is 47.4 Å². The number of rotatable bonds is 2. The fourth-order valence-electron chi connectivity index (χ4n) is 0.330. The lowest BCUT2D eigenvalue weighted by atomic mass is 10.2. The monoisotopic (exact) mass is 248 g/mol. The van der Waals surface area contributed by atoms with Gasteiger partial charge in [-0.05, 0) is 13.8 Å². The Morgan fingerprint density at radius 2 is 1.77 bits per heavy atom. The van der Waals surface area contributed by atoms with E-state index in [4.69, 9.17) is 34.8 Å². The van der Waals surface area contributed by atoms with E-state index in [0.29, 0.717) is 0 Å². The summed E-state index contributed by atoms with van der Waals surface area (Å²) in [6.45, 7) is 2.66. The van der Waals surface area contributed by atoms with Crippen LogP contribution in [0.4, 0.5) is 4.79 Å². The Morgan fingerprint density at radius 1 is 1.31 bits per heavy atom.